The second-order valence-corrected chi connectivity index (χ2v) is 21.3. The molecule has 0 bridgehead atoms. The normalized spacial score (nSPS) is 12.3. The van der Waals surface area contributed by atoms with E-state index in [9.17, 15) is 14.4 Å². The summed E-state index contributed by atoms with van der Waals surface area (Å²) in [6.07, 6.45) is 75.5. The van der Waals surface area contributed by atoms with Crippen molar-refractivity contribution >= 4 is 17.9 Å². The van der Waals surface area contributed by atoms with Crippen LogP contribution in [0.15, 0.2) is 48.6 Å². The second-order valence-electron chi connectivity index (χ2n) is 21.3. The number of esters is 3. The highest BCUT2D eigenvalue weighted by Gasteiger charge is 2.19. The first-order valence-electron chi connectivity index (χ1n) is 31.6. The summed E-state index contributed by atoms with van der Waals surface area (Å²) in [5.41, 5.74) is 0. The molecule has 0 saturated carbocycles. The van der Waals surface area contributed by atoms with Crippen molar-refractivity contribution in [3.8, 4) is 0 Å². The maximum Gasteiger partial charge on any atom is 0.306 e. The molecule has 0 fully saturated rings. The molecule has 0 aromatic carbocycles. The van der Waals surface area contributed by atoms with Crippen molar-refractivity contribution in [2.45, 2.75) is 341 Å². The van der Waals surface area contributed by atoms with Gasteiger partial charge in [-0.25, -0.2) is 0 Å². The molecule has 0 aromatic heterocycles. The summed E-state index contributed by atoms with van der Waals surface area (Å²) in [7, 11) is 0. The molecule has 0 spiro atoms. The van der Waals surface area contributed by atoms with E-state index in [0.717, 1.165) is 83.5 Å². The third-order valence-electron chi connectivity index (χ3n) is 14.1. The number of allylic oxidation sites excluding steroid dienone is 8. The molecule has 0 aliphatic rings. The Morgan fingerprint density at radius 1 is 0.292 bits per heavy atom. The first kappa shape index (κ1) is 69.4. The van der Waals surface area contributed by atoms with E-state index in [0.29, 0.717) is 19.3 Å². The number of carbonyl (C=O) groups is 3. The van der Waals surface area contributed by atoms with E-state index in [1.54, 1.807) is 0 Å². The lowest BCUT2D eigenvalue weighted by Gasteiger charge is -2.18. The average Bonchev–Trinajstić information content (AvgIpc) is 3.38. The molecule has 1 atom stereocenters. The molecule has 0 heterocycles. The molecule has 1 unspecified atom stereocenters. The van der Waals surface area contributed by atoms with Crippen molar-refractivity contribution in [3.05, 3.63) is 48.6 Å². The molecule has 0 N–H and O–H groups in total. The average molecular weight is 1010 g/mol. The first-order chi connectivity index (χ1) is 35.5. The van der Waals surface area contributed by atoms with Gasteiger partial charge in [-0.1, -0.05) is 307 Å². The van der Waals surface area contributed by atoms with Crippen LogP contribution in [0.25, 0.3) is 0 Å². The van der Waals surface area contributed by atoms with Crippen LogP contribution < -0.4 is 0 Å². The van der Waals surface area contributed by atoms with Gasteiger partial charge in [0.1, 0.15) is 13.2 Å². The molecule has 0 rings (SSSR count). The van der Waals surface area contributed by atoms with E-state index in [4.69, 9.17) is 14.2 Å². The van der Waals surface area contributed by atoms with E-state index >= 15 is 0 Å². The van der Waals surface area contributed by atoms with Crippen molar-refractivity contribution in [2.75, 3.05) is 13.2 Å². The first-order valence-corrected chi connectivity index (χ1v) is 31.6. The minimum Gasteiger partial charge on any atom is -0.462 e. The topological polar surface area (TPSA) is 78.9 Å². The zero-order chi connectivity index (χ0) is 52.2. The van der Waals surface area contributed by atoms with Gasteiger partial charge in [-0.05, 0) is 57.8 Å². The van der Waals surface area contributed by atoms with Crippen LogP contribution in [0.1, 0.15) is 335 Å². The minimum absolute atomic E-state index is 0.0670. The van der Waals surface area contributed by atoms with Crippen molar-refractivity contribution in [1.29, 1.82) is 0 Å². The van der Waals surface area contributed by atoms with Gasteiger partial charge in [-0.3, -0.25) is 14.4 Å². The summed E-state index contributed by atoms with van der Waals surface area (Å²) in [6.45, 7) is 6.57. The van der Waals surface area contributed by atoms with Gasteiger partial charge in [0, 0.05) is 19.3 Å². The number of carbonyl (C=O) groups excluding carboxylic acids is 3. The standard InChI is InChI=1S/C66H120O6/c1-4-7-10-13-16-19-22-24-26-28-29-30-31-32-33-34-35-36-37-39-40-42-44-47-50-53-56-59-65(68)71-62-63(61-70-64(67)58-55-52-49-46-21-18-15-12-9-6-3)72-66(69)60-57-54-51-48-45-43-41-38-27-25-23-20-17-14-11-8-5-2/h7,10,16,19,24,26,29-30,63H,4-6,8-9,11-15,17-18,20-23,25,27-28,31-62H2,1-3H3/b10-7-,19-16-,26-24-,30-29-. The number of hydrogen-bond acceptors (Lipinski definition) is 6. The van der Waals surface area contributed by atoms with Crippen LogP contribution in [-0.2, 0) is 28.6 Å². The maximum absolute atomic E-state index is 12.9. The summed E-state index contributed by atoms with van der Waals surface area (Å²) in [5, 5.41) is 0. The molecule has 72 heavy (non-hydrogen) atoms. The fourth-order valence-corrected chi connectivity index (χ4v) is 9.38. The van der Waals surface area contributed by atoms with Crippen molar-refractivity contribution in [3.63, 3.8) is 0 Å². The summed E-state index contributed by atoms with van der Waals surface area (Å²) < 4.78 is 16.9. The highest BCUT2D eigenvalue weighted by atomic mass is 16.6. The molecule has 0 aromatic rings. The number of unbranched alkanes of at least 4 members (excludes halogenated alkanes) is 39. The zero-order valence-corrected chi connectivity index (χ0v) is 48.2. The van der Waals surface area contributed by atoms with Crippen LogP contribution in [0.5, 0.6) is 0 Å². The molecule has 6 nitrogen and oxygen atoms in total. The van der Waals surface area contributed by atoms with Crippen molar-refractivity contribution in [2.24, 2.45) is 0 Å². The number of rotatable bonds is 58. The molecule has 420 valence electrons. The van der Waals surface area contributed by atoms with Crippen LogP contribution in [0.2, 0.25) is 0 Å². The fourth-order valence-electron chi connectivity index (χ4n) is 9.38. The van der Waals surface area contributed by atoms with Gasteiger partial charge in [0.25, 0.3) is 0 Å². The van der Waals surface area contributed by atoms with Gasteiger partial charge in [0.15, 0.2) is 6.10 Å². The molecule has 0 amide bonds. The third kappa shape index (κ3) is 58.3. The molecular formula is C66H120O6. The van der Waals surface area contributed by atoms with Crippen LogP contribution in [-0.4, -0.2) is 37.2 Å². The third-order valence-corrected chi connectivity index (χ3v) is 14.1. The molecule has 0 aliphatic heterocycles. The highest BCUT2D eigenvalue weighted by molar-refractivity contribution is 5.71. The van der Waals surface area contributed by atoms with Gasteiger partial charge in [-0.2, -0.15) is 0 Å². The van der Waals surface area contributed by atoms with Crippen molar-refractivity contribution < 1.29 is 28.6 Å². The second kappa shape index (κ2) is 60.9. The van der Waals surface area contributed by atoms with Crippen LogP contribution in [0.3, 0.4) is 0 Å². The van der Waals surface area contributed by atoms with Gasteiger partial charge >= 0.3 is 17.9 Å². The Hall–Kier alpha value is -2.63. The Kier molecular flexibility index (Phi) is 58.7. The Morgan fingerprint density at radius 3 is 0.847 bits per heavy atom. The highest BCUT2D eigenvalue weighted by Crippen LogP contribution is 2.18. The summed E-state index contributed by atoms with van der Waals surface area (Å²) in [6, 6.07) is 0. The largest absolute Gasteiger partial charge is 0.462 e. The smallest absolute Gasteiger partial charge is 0.306 e. The predicted octanol–water partition coefficient (Wildman–Crippen LogP) is 21.4. The molecule has 0 saturated heterocycles. The molecule has 6 heteroatoms. The lowest BCUT2D eigenvalue weighted by Crippen LogP contribution is -2.30. The van der Waals surface area contributed by atoms with Gasteiger partial charge in [0.2, 0.25) is 0 Å². The van der Waals surface area contributed by atoms with Crippen molar-refractivity contribution in [1.82, 2.24) is 0 Å². The van der Waals surface area contributed by atoms with E-state index in [1.165, 1.54) is 212 Å². The van der Waals surface area contributed by atoms with Gasteiger partial charge < -0.3 is 14.2 Å². The SMILES string of the molecule is CC/C=C\C/C=C\C/C=C\C/C=C\CCCCCCCCCCCCCCCCC(=O)OCC(COC(=O)CCCCCCCCCCCC)OC(=O)CCCCCCCCCCCCCCCCCCC. The van der Waals surface area contributed by atoms with Crippen LogP contribution >= 0.6 is 0 Å². The van der Waals surface area contributed by atoms with E-state index in [2.05, 4.69) is 69.4 Å². The fraction of sp³-hybridized carbons (Fsp3) is 0.833. The Bertz CT molecular complexity index is 1250. The van der Waals surface area contributed by atoms with E-state index in [-0.39, 0.29) is 31.1 Å². The monoisotopic (exact) mass is 1010 g/mol. The van der Waals surface area contributed by atoms with E-state index in [1.807, 2.05) is 0 Å². The quantitative estimate of drug-likeness (QED) is 0.0261. The Balaban J connectivity index is 4.16. The van der Waals surface area contributed by atoms with Gasteiger partial charge in [0.05, 0.1) is 0 Å². The minimum atomic E-state index is -0.768. The van der Waals surface area contributed by atoms with Crippen LogP contribution in [0.4, 0.5) is 0 Å². The number of hydrogen-bond donors (Lipinski definition) is 0. The lowest BCUT2D eigenvalue weighted by atomic mass is 10.0. The molecule has 0 radical (unpaired) electrons. The Labute approximate surface area is 448 Å². The number of ether oxygens (including phenoxy) is 3. The van der Waals surface area contributed by atoms with Crippen LogP contribution in [0, 0.1) is 0 Å². The summed E-state index contributed by atoms with van der Waals surface area (Å²) in [5.74, 6) is -0.847. The zero-order valence-electron chi connectivity index (χ0n) is 48.2. The Morgan fingerprint density at radius 2 is 0.542 bits per heavy atom. The lowest BCUT2D eigenvalue weighted by molar-refractivity contribution is -0.167. The van der Waals surface area contributed by atoms with E-state index < -0.39 is 6.10 Å². The summed E-state index contributed by atoms with van der Waals surface area (Å²) >= 11 is 0. The maximum atomic E-state index is 12.9. The molecular weight excluding hydrogens is 889 g/mol. The van der Waals surface area contributed by atoms with Gasteiger partial charge in [-0.15, -0.1) is 0 Å². The molecule has 0 aliphatic carbocycles. The summed E-state index contributed by atoms with van der Waals surface area (Å²) in [4.78, 5) is 38.2. The predicted molar refractivity (Wildman–Crippen MR) is 312 cm³/mol.